The monoisotopic (exact) mass is 202 g/mol. The van der Waals surface area contributed by atoms with E-state index < -0.39 is 0 Å². The maximum Gasteiger partial charge on any atom is 0.125 e. The minimum Gasteiger partial charge on any atom is -0.242 e. The average molecular weight is 202 g/mol. The Bertz CT molecular complexity index is 383. The van der Waals surface area contributed by atoms with Crippen molar-refractivity contribution in [3.63, 3.8) is 0 Å². The molecule has 0 fully saturated rings. The van der Waals surface area contributed by atoms with Gasteiger partial charge in [-0.15, -0.1) is 0 Å². The van der Waals surface area contributed by atoms with Crippen molar-refractivity contribution in [2.45, 2.75) is 20.8 Å². The fourth-order valence-electron chi connectivity index (χ4n) is 0.948. The van der Waals surface area contributed by atoms with Crippen LogP contribution in [-0.4, -0.2) is 19.9 Å². The van der Waals surface area contributed by atoms with Crippen molar-refractivity contribution in [3.05, 3.63) is 48.1 Å². The molecule has 0 aliphatic carbocycles. The highest BCUT2D eigenvalue weighted by atomic mass is 14.9. The zero-order valence-corrected chi connectivity index (χ0v) is 9.18. The van der Waals surface area contributed by atoms with E-state index in [9.17, 15) is 0 Å². The summed E-state index contributed by atoms with van der Waals surface area (Å²) in [6, 6.07) is 3.68. The van der Waals surface area contributed by atoms with Crippen molar-refractivity contribution in [3.8, 4) is 0 Å². The largest absolute Gasteiger partial charge is 0.242 e. The maximum atomic E-state index is 4.06. The Balaban J connectivity index is 0.000000151. The van der Waals surface area contributed by atoms with Crippen LogP contribution in [0.15, 0.2) is 30.7 Å². The van der Waals surface area contributed by atoms with Gasteiger partial charge in [0.05, 0.1) is 0 Å². The van der Waals surface area contributed by atoms with Gasteiger partial charge in [0.15, 0.2) is 0 Å². The highest BCUT2D eigenvalue weighted by Gasteiger charge is 1.83. The molecule has 15 heavy (non-hydrogen) atoms. The Kier molecular flexibility index (Phi) is 4.34. The van der Waals surface area contributed by atoms with E-state index in [1.54, 1.807) is 24.7 Å². The van der Waals surface area contributed by atoms with Crippen LogP contribution >= 0.6 is 0 Å². The molecule has 78 valence electrons. The number of aromatic nitrogens is 4. The van der Waals surface area contributed by atoms with Crippen LogP contribution in [-0.2, 0) is 0 Å². The first-order valence-corrected chi connectivity index (χ1v) is 4.68. The van der Waals surface area contributed by atoms with Gasteiger partial charge in [-0.05, 0) is 32.9 Å². The van der Waals surface area contributed by atoms with Crippen LogP contribution in [0.1, 0.15) is 17.3 Å². The van der Waals surface area contributed by atoms with E-state index in [1.807, 2.05) is 26.8 Å². The molecule has 0 atom stereocenters. The Morgan fingerprint density at radius 3 is 1.73 bits per heavy atom. The number of hydrogen-bond donors (Lipinski definition) is 0. The molecule has 4 heteroatoms. The Morgan fingerprint density at radius 1 is 0.800 bits per heavy atom. The summed E-state index contributed by atoms with van der Waals surface area (Å²) in [7, 11) is 0. The van der Waals surface area contributed by atoms with Crippen LogP contribution in [0.25, 0.3) is 0 Å². The minimum atomic E-state index is 0.822. The predicted molar refractivity (Wildman–Crippen MR) is 58.3 cm³/mol. The third-order valence-corrected chi connectivity index (χ3v) is 1.61. The zero-order chi connectivity index (χ0) is 11.1. The van der Waals surface area contributed by atoms with E-state index in [0.29, 0.717) is 0 Å². The van der Waals surface area contributed by atoms with E-state index in [0.717, 1.165) is 17.3 Å². The van der Waals surface area contributed by atoms with Gasteiger partial charge >= 0.3 is 0 Å². The summed E-state index contributed by atoms with van der Waals surface area (Å²) in [6.45, 7) is 5.70. The summed E-state index contributed by atoms with van der Waals surface area (Å²) in [4.78, 5) is 15.7. The van der Waals surface area contributed by atoms with Crippen molar-refractivity contribution in [2.75, 3.05) is 0 Å². The van der Waals surface area contributed by atoms with Gasteiger partial charge < -0.3 is 0 Å². The Labute approximate surface area is 89.5 Å². The fraction of sp³-hybridized carbons (Fsp3) is 0.273. The summed E-state index contributed by atoms with van der Waals surface area (Å²) >= 11 is 0. The molecular weight excluding hydrogens is 188 g/mol. The first-order valence-electron chi connectivity index (χ1n) is 4.68. The lowest BCUT2D eigenvalue weighted by molar-refractivity contribution is 1.01. The molecule has 2 aromatic heterocycles. The van der Waals surface area contributed by atoms with Gasteiger partial charge in [0.1, 0.15) is 11.6 Å². The molecule has 0 saturated carbocycles. The predicted octanol–water partition coefficient (Wildman–Crippen LogP) is 1.88. The summed E-state index contributed by atoms with van der Waals surface area (Å²) in [5.41, 5.74) is 1.03. The second-order valence-corrected chi connectivity index (χ2v) is 3.04. The molecule has 2 aromatic rings. The number of hydrogen-bond acceptors (Lipinski definition) is 4. The molecule has 0 unspecified atom stereocenters. The molecule has 0 bridgehead atoms. The van der Waals surface area contributed by atoms with Crippen LogP contribution in [0.3, 0.4) is 0 Å². The van der Waals surface area contributed by atoms with Crippen LogP contribution in [0.4, 0.5) is 0 Å². The van der Waals surface area contributed by atoms with Gasteiger partial charge in [0.2, 0.25) is 0 Å². The first-order chi connectivity index (χ1) is 7.18. The Hall–Kier alpha value is -1.84. The molecular formula is C11H14N4. The minimum absolute atomic E-state index is 0.822. The van der Waals surface area contributed by atoms with Crippen molar-refractivity contribution < 1.29 is 0 Å². The maximum absolute atomic E-state index is 4.06. The van der Waals surface area contributed by atoms with Crippen LogP contribution in [0.5, 0.6) is 0 Å². The highest BCUT2D eigenvalue weighted by Crippen LogP contribution is 1.88. The second-order valence-electron chi connectivity index (χ2n) is 3.04. The lowest BCUT2D eigenvalue weighted by atomic mass is 10.4. The Morgan fingerprint density at radius 2 is 1.40 bits per heavy atom. The quantitative estimate of drug-likeness (QED) is 0.654. The topological polar surface area (TPSA) is 51.6 Å². The molecule has 4 nitrogen and oxygen atoms in total. The van der Waals surface area contributed by atoms with E-state index in [-0.39, 0.29) is 0 Å². The van der Waals surface area contributed by atoms with Gasteiger partial charge in [-0.25, -0.2) is 19.9 Å². The third kappa shape index (κ3) is 4.81. The molecule has 0 radical (unpaired) electrons. The molecule has 0 amide bonds. The van der Waals surface area contributed by atoms with Gasteiger partial charge in [-0.1, -0.05) is 0 Å². The van der Waals surface area contributed by atoms with E-state index >= 15 is 0 Å². The number of aryl methyl sites for hydroxylation is 3. The van der Waals surface area contributed by atoms with E-state index in [4.69, 9.17) is 0 Å². The van der Waals surface area contributed by atoms with E-state index in [1.165, 1.54) is 0 Å². The van der Waals surface area contributed by atoms with Gasteiger partial charge in [-0.2, -0.15) is 0 Å². The molecule has 0 aliphatic rings. The molecule has 0 spiro atoms. The average Bonchev–Trinajstić information content (AvgIpc) is 2.19. The molecule has 0 N–H and O–H groups in total. The van der Waals surface area contributed by atoms with Gasteiger partial charge in [0, 0.05) is 24.3 Å². The van der Waals surface area contributed by atoms with Crippen LogP contribution < -0.4 is 0 Å². The van der Waals surface area contributed by atoms with Gasteiger partial charge in [-0.3, -0.25) is 0 Å². The molecule has 0 aromatic carbocycles. The lowest BCUT2D eigenvalue weighted by Gasteiger charge is -1.89. The lowest BCUT2D eigenvalue weighted by Crippen LogP contribution is -1.86. The van der Waals surface area contributed by atoms with Crippen molar-refractivity contribution in [1.82, 2.24) is 19.9 Å². The molecule has 2 rings (SSSR count). The van der Waals surface area contributed by atoms with Crippen molar-refractivity contribution in [1.29, 1.82) is 0 Å². The summed E-state index contributed by atoms with van der Waals surface area (Å²) < 4.78 is 0. The van der Waals surface area contributed by atoms with Gasteiger partial charge in [0.25, 0.3) is 0 Å². The second kappa shape index (κ2) is 5.80. The number of rotatable bonds is 0. The molecule has 0 aliphatic heterocycles. The summed E-state index contributed by atoms with van der Waals surface area (Å²) in [5, 5.41) is 0. The smallest absolute Gasteiger partial charge is 0.125 e. The normalized spacial score (nSPS) is 9.00. The fourth-order valence-corrected chi connectivity index (χ4v) is 0.948. The highest BCUT2D eigenvalue weighted by molar-refractivity contribution is 4.97. The SMILES string of the molecule is Cc1ccnc(C)n1.Cc1ncccn1. The van der Waals surface area contributed by atoms with Crippen molar-refractivity contribution in [2.24, 2.45) is 0 Å². The van der Waals surface area contributed by atoms with E-state index in [2.05, 4.69) is 19.9 Å². The zero-order valence-electron chi connectivity index (χ0n) is 9.18. The third-order valence-electron chi connectivity index (χ3n) is 1.61. The molecule has 2 heterocycles. The van der Waals surface area contributed by atoms with Crippen molar-refractivity contribution >= 4 is 0 Å². The standard InChI is InChI=1S/C6H8N2.C5H6N2/c1-5-3-4-7-6(2)8-5;1-5-6-3-2-4-7-5/h3-4H,1-2H3;2-4H,1H3. The van der Waals surface area contributed by atoms with Crippen LogP contribution in [0, 0.1) is 20.8 Å². The van der Waals surface area contributed by atoms with Crippen LogP contribution in [0.2, 0.25) is 0 Å². The summed E-state index contributed by atoms with van der Waals surface area (Å²) in [5.74, 6) is 1.66. The first kappa shape index (κ1) is 11.2. The number of nitrogens with zero attached hydrogens (tertiary/aromatic N) is 4. The molecule has 0 saturated heterocycles. The summed E-state index contributed by atoms with van der Waals surface area (Å²) in [6.07, 6.45) is 5.21.